The van der Waals surface area contributed by atoms with Crippen molar-refractivity contribution < 1.29 is 0 Å². The lowest BCUT2D eigenvalue weighted by molar-refractivity contribution is 0.577. The fourth-order valence-electron chi connectivity index (χ4n) is 1.68. The van der Waals surface area contributed by atoms with E-state index in [2.05, 4.69) is 0 Å². The second-order valence-electron chi connectivity index (χ2n) is 3.84. The van der Waals surface area contributed by atoms with Gasteiger partial charge in [0.15, 0.2) is 0 Å². The fourth-order valence-corrected chi connectivity index (χ4v) is 1.68. The van der Waals surface area contributed by atoms with Crippen LogP contribution in [0.2, 0.25) is 0 Å². The summed E-state index contributed by atoms with van der Waals surface area (Å²) in [5.74, 6) is 0. The summed E-state index contributed by atoms with van der Waals surface area (Å²) < 4.78 is 1.66. The van der Waals surface area contributed by atoms with Crippen LogP contribution in [-0.4, -0.2) is 10.6 Å². The van der Waals surface area contributed by atoms with Gasteiger partial charge in [0.2, 0.25) is 0 Å². The zero-order valence-corrected chi connectivity index (χ0v) is 8.68. The molecule has 0 unspecified atom stereocenters. The molecule has 0 aliphatic carbocycles. The van der Waals surface area contributed by atoms with E-state index in [1.54, 1.807) is 10.8 Å². The van der Waals surface area contributed by atoms with Crippen molar-refractivity contribution in [3.05, 3.63) is 46.9 Å². The maximum absolute atomic E-state index is 12.0. The third kappa shape index (κ3) is 1.92. The van der Waals surface area contributed by atoms with Crippen molar-refractivity contribution in [1.29, 1.82) is 0 Å². The largest absolute Gasteiger partial charge is 0.326 e. The molecule has 1 aromatic heterocycles. The SMILES string of the molecule is C[C@@H](N)Cn1ccc2ccccc2c1=O. The number of hydrogen-bond acceptors (Lipinski definition) is 2. The van der Waals surface area contributed by atoms with E-state index in [1.807, 2.05) is 37.3 Å². The summed E-state index contributed by atoms with van der Waals surface area (Å²) in [5.41, 5.74) is 5.71. The van der Waals surface area contributed by atoms with Crippen molar-refractivity contribution in [1.82, 2.24) is 4.57 Å². The monoisotopic (exact) mass is 202 g/mol. The lowest BCUT2D eigenvalue weighted by atomic mass is 10.2. The summed E-state index contributed by atoms with van der Waals surface area (Å²) in [4.78, 5) is 12.0. The van der Waals surface area contributed by atoms with Crippen molar-refractivity contribution in [2.24, 2.45) is 5.73 Å². The highest BCUT2D eigenvalue weighted by Gasteiger charge is 2.02. The molecular formula is C12H14N2O. The molecule has 2 rings (SSSR count). The van der Waals surface area contributed by atoms with Crippen molar-refractivity contribution in [2.75, 3.05) is 0 Å². The molecule has 2 aromatic rings. The number of nitrogens with zero attached hydrogens (tertiary/aromatic N) is 1. The summed E-state index contributed by atoms with van der Waals surface area (Å²) in [6, 6.07) is 9.52. The van der Waals surface area contributed by atoms with Gasteiger partial charge in [0.1, 0.15) is 0 Å². The highest BCUT2D eigenvalue weighted by molar-refractivity contribution is 5.81. The molecule has 15 heavy (non-hydrogen) atoms. The molecule has 0 radical (unpaired) electrons. The Balaban J connectivity index is 2.60. The van der Waals surface area contributed by atoms with Gasteiger partial charge in [-0.2, -0.15) is 0 Å². The predicted molar refractivity (Wildman–Crippen MR) is 61.9 cm³/mol. The zero-order chi connectivity index (χ0) is 10.8. The van der Waals surface area contributed by atoms with E-state index in [9.17, 15) is 4.79 Å². The molecule has 1 aromatic carbocycles. The summed E-state index contributed by atoms with van der Waals surface area (Å²) in [6.07, 6.45) is 1.80. The van der Waals surface area contributed by atoms with Crippen molar-refractivity contribution in [3.8, 4) is 0 Å². The molecule has 0 aliphatic rings. The van der Waals surface area contributed by atoms with Crippen molar-refractivity contribution in [3.63, 3.8) is 0 Å². The second-order valence-corrected chi connectivity index (χ2v) is 3.84. The number of pyridine rings is 1. The molecule has 78 valence electrons. The Hall–Kier alpha value is -1.61. The molecule has 0 saturated carbocycles. The Kier molecular flexibility index (Phi) is 2.56. The molecular weight excluding hydrogens is 188 g/mol. The quantitative estimate of drug-likeness (QED) is 0.799. The van der Waals surface area contributed by atoms with E-state index in [1.165, 1.54) is 0 Å². The summed E-state index contributed by atoms with van der Waals surface area (Å²) in [5, 5.41) is 1.73. The molecule has 3 nitrogen and oxygen atoms in total. The van der Waals surface area contributed by atoms with Gasteiger partial charge in [-0.1, -0.05) is 18.2 Å². The first-order valence-corrected chi connectivity index (χ1v) is 5.02. The maximum atomic E-state index is 12.0. The average Bonchev–Trinajstić information content (AvgIpc) is 2.22. The van der Waals surface area contributed by atoms with E-state index >= 15 is 0 Å². The van der Waals surface area contributed by atoms with Crippen LogP contribution in [0.5, 0.6) is 0 Å². The van der Waals surface area contributed by atoms with Crippen LogP contribution >= 0.6 is 0 Å². The normalized spacial score (nSPS) is 12.9. The maximum Gasteiger partial charge on any atom is 0.258 e. The molecule has 1 heterocycles. The topological polar surface area (TPSA) is 48.0 Å². The first kappa shape index (κ1) is 9.93. The van der Waals surface area contributed by atoms with Gasteiger partial charge in [-0.25, -0.2) is 0 Å². The Labute approximate surface area is 88.1 Å². The van der Waals surface area contributed by atoms with Crippen LogP contribution in [0, 0.1) is 0 Å². The van der Waals surface area contributed by atoms with E-state index in [-0.39, 0.29) is 11.6 Å². The smallest absolute Gasteiger partial charge is 0.258 e. The summed E-state index contributed by atoms with van der Waals surface area (Å²) in [7, 11) is 0. The minimum Gasteiger partial charge on any atom is -0.326 e. The van der Waals surface area contributed by atoms with Gasteiger partial charge in [0, 0.05) is 24.2 Å². The Morgan fingerprint density at radius 2 is 2.07 bits per heavy atom. The predicted octanol–water partition coefficient (Wildman–Crippen LogP) is 1.35. The summed E-state index contributed by atoms with van der Waals surface area (Å²) in [6.45, 7) is 2.45. The molecule has 2 N–H and O–H groups in total. The molecule has 0 aliphatic heterocycles. The average molecular weight is 202 g/mol. The van der Waals surface area contributed by atoms with Crippen molar-refractivity contribution in [2.45, 2.75) is 19.5 Å². The number of rotatable bonds is 2. The van der Waals surface area contributed by atoms with Crippen LogP contribution in [0.25, 0.3) is 10.8 Å². The number of fused-ring (bicyclic) bond motifs is 1. The van der Waals surface area contributed by atoms with Crippen LogP contribution in [-0.2, 0) is 6.54 Å². The molecule has 0 bridgehead atoms. The van der Waals surface area contributed by atoms with Crippen LogP contribution < -0.4 is 11.3 Å². The molecule has 0 fully saturated rings. The standard InChI is InChI=1S/C12H14N2O/c1-9(13)8-14-7-6-10-4-2-3-5-11(10)12(14)15/h2-7,9H,8,13H2,1H3/t9-/m1/s1. The molecule has 0 amide bonds. The molecule has 3 heteroatoms. The van der Waals surface area contributed by atoms with Gasteiger partial charge in [-0.3, -0.25) is 4.79 Å². The lowest BCUT2D eigenvalue weighted by Gasteiger charge is -2.09. The van der Waals surface area contributed by atoms with Gasteiger partial charge in [-0.15, -0.1) is 0 Å². The lowest BCUT2D eigenvalue weighted by Crippen LogP contribution is -2.29. The minimum absolute atomic E-state index is 0.0103. The first-order valence-electron chi connectivity index (χ1n) is 5.02. The molecule has 1 atom stereocenters. The van der Waals surface area contributed by atoms with Gasteiger partial charge < -0.3 is 10.3 Å². The van der Waals surface area contributed by atoms with Gasteiger partial charge in [-0.05, 0) is 24.4 Å². The highest BCUT2D eigenvalue weighted by atomic mass is 16.1. The Morgan fingerprint density at radius 3 is 2.80 bits per heavy atom. The number of hydrogen-bond donors (Lipinski definition) is 1. The van der Waals surface area contributed by atoms with E-state index in [0.717, 1.165) is 10.8 Å². The number of aromatic nitrogens is 1. The van der Waals surface area contributed by atoms with Crippen LogP contribution in [0.1, 0.15) is 6.92 Å². The van der Waals surface area contributed by atoms with E-state index < -0.39 is 0 Å². The third-order valence-electron chi connectivity index (χ3n) is 2.37. The minimum atomic E-state index is -0.0103. The van der Waals surface area contributed by atoms with E-state index in [4.69, 9.17) is 5.73 Å². The summed E-state index contributed by atoms with van der Waals surface area (Å²) >= 11 is 0. The van der Waals surface area contributed by atoms with Gasteiger partial charge in [0.05, 0.1) is 0 Å². The van der Waals surface area contributed by atoms with Crippen LogP contribution in [0.4, 0.5) is 0 Å². The Bertz CT molecular complexity index is 528. The third-order valence-corrected chi connectivity index (χ3v) is 2.37. The van der Waals surface area contributed by atoms with Gasteiger partial charge >= 0.3 is 0 Å². The van der Waals surface area contributed by atoms with E-state index in [0.29, 0.717) is 6.54 Å². The highest BCUT2D eigenvalue weighted by Crippen LogP contribution is 2.07. The Morgan fingerprint density at radius 1 is 1.33 bits per heavy atom. The number of benzene rings is 1. The van der Waals surface area contributed by atoms with Crippen LogP contribution in [0.3, 0.4) is 0 Å². The number of nitrogens with two attached hydrogens (primary N) is 1. The second kappa shape index (κ2) is 3.87. The fraction of sp³-hybridized carbons (Fsp3) is 0.250. The van der Waals surface area contributed by atoms with Gasteiger partial charge in [0.25, 0.3) is 5.56 Å². The molecule has 0 saturated heterocycles. The van der Waals surface area contributed by atoms with Crippen LogP contribution in [0.15, 0.2) is 41.3 Å². The molecule has 0 spiro atoms. The zero-order valence-electron chi connectivity index (χ0n) is 8.68. The van der Waals surface area contributed by atoms with Crippen molar-refractivity contribution >= 4 is 10.8 Å². The first-order chi connectivity index (χ1) is 7.18.